The van der Waals surface area contributed by atoms with Crippen LogP contribution in [0.5, 0.6) is 23.0 Å². The van der Waals surface area contributed by atoms with Crippen molar-refractivity contribution >= 4 is 10.0 Å². The molecule has 35 heavy (non-hydrogen) atoms. The molecule has 0 radical (unpaired) electrons. The van der Waals surface area contributed by atoms with Crippen molar-refractivity contribution in [3.63, 3.8) is 0 Å². The zero-order valence-electron chi connectivity index (χ0n) is 20.2. The highest BCUT2D eigenvalue weighted by molar-refractivity contribution is 7.89. The number of benzene rings is 3. The van der Waals surface area contributed by atoms with Gasteiger partial charge in [-0.05, 0) is 55.8 Å². The first-order valence-corrected chi connectivity index (χ1v) is 12.5. The lowest BCUT2D eigenvalue weighted by Crippen LogP contribution is -2.49. The van der Waals surface area contributed by atoms with Crippen LogP contribution in [-0.2, 0) is 10.0 Å². The van der Waals surface area contributed by atoms with Crippen molar-refractivity contribution in [1.82, 2.24) is 4.31 Å². The molecule has 3 atom stereocenters. The second-order valence-corrected chi connectivity index (χ2v) is 9.91. The van der Waals surface area contributed by atoms with Gasteiger partial charge < -0.3 is 24.4 Å². The second-order valence-electron chi connectivity index (χ2n) is 8.10. The molecule has 2 N–H and O–H groups in total. The Kier molecular flexibility index (Phi) is 8.61. The topological polar surface area (TPSA) is 106 Å². The second kappa shape index (κ2) is 11.4. The summed E-state index contributed by atoms with van der Waals surface area (Å²) in [6.45, 7) is 3.39. The predicted octanol–water partition coefficient (Wildman–Crippen LogP) is 3.99. The number of aliphatic hydroxyl groups excluding tert-OH is 1. The van der Waals surface area contributed by atoms with Crippen LogP contribution in [0.2, 0.25) is 0 Å². The minimum atomic E-state index is -4.20. The van der Waals surface area contributed by atoms with Crippen LogP contribution in [0.25, 0.3) is 0 Å². The molecule has 188 valence electrons. The Morgan fingerprint density at radius 2 is 1.54 bits per heavy atom. The molecule has 8 nitrogen and oxygen atoms in total. The molecule has 0 saturated heterocycles. The van der Waals surface area contributed by atoms with E-state index in [0.717, 1.165) is 0 Å². The molecule has 0 aliphatic rings. The minimum absolute atomic E-state index is 0.0438. The molecule has 0 aliphatic heterocycles. The highest BCUT2D eigenvalue weighted by atomic mass is 32.2. The molecule has 3 rings (SSSR count). The fraction of sp³-hybridized carbons (Fsp3) is 0.308. The fourth-order valence-electron chi connectivity index (χ4n) is 3.85. The van der Waals surface area contributed by atoms with E-state index < -0.39 is 28.2 Å². The van der Waals surface area contributed by atoms with E-state index >= 15 is 0 Å². The van der Waals surface area contributed by atoms with Gasteiger partial charge in [0, 0.05) is 6.07 Å². The SMILES string of the molecule is COc1ccc(OC)c(S(=O)(=O)N(C(C)COc2ccccc2)C(C)C(O)c2ccc(O)cc2)c1. The number of aromatic hydroxyl groups is 1. The third-order valence-electron chi connectivity index (χ3n) is 5.69. The number of rotatable bonds is 11. The number of sulfonamides is 1. The summed E-state index contributed by atoms with van der Waals surface area (Å²) in [4.78, 5) is -0.0873. The Morgan fingerprint density at radius 3 is 2.14 bits per heavy atom. The molecule has 0 aliphatic carbocycles. The molecule has 3 unspecified atom stereocenters. The first-order chi connectivity index (χ1) is 16.7. The van der Waals surface area contributed by atoms with E-state index in [1.807, 2.05) is 18.2 Å². The Hall–Kier alpha value is -3.27. The summed E-state index contributed by atoms with van der Waals surface area (Å²) < 4.78 is 45.8. The smallest absolute Gasteiger partial charge is 0.247 e. The first kappa shape index (κ1) is 26.3. The van der Waals surface area contributed by atoms with Gasteiger partial charge in [0.05, 0.1) is 32.4 Å². The molecule has 0 bridgehead atoms. The van der Waals surface area contributed by atoms with Crippen molar-refractivity contribution in [3.8, 4) is 23.0 Å². The van der Waals surface area contributed by atoms with Crippen molar-refractivity contribution in [1.29, 1.82) is 0 Å². The van der Waals surface area contributed by atoms with Crippen LogP contribution in [-0.4, -0.2) is 55.8 Å². The summed E-state index contributed by atoms with van der Waals surface area (Å²) in [6, 6.07) is 18.0. The highest BCUT2D eigenvalue weighted by Crippen LogP contribution is 2.35. The number of phenols is 1. The van der Waals surface area contributed by atoms with Crippen LogP contribution in [0.1, 0.15) is 25.5 Å². The van der Waals surface area contributed by atoms with E-state index in [9.17, 15) is 18.6 Å². The molecule has 3 aromatic carbocycles. The molecule has 0 heterocycles. The maximum atomic E-state index is 14.0. The number of para-hydroxylation sites is 1. The quantitative estimate of drug-likeness (QED) is 0.409. The standard InChI is InChI=1S/C26H31NO7S/c1-18(17-34-22-8-6-5-7-9-22)27(19(2)26(29)20-10-12-21(28)13-11-20)35(30,31)25-16-23(32-3)14-15-24(25)33-4/h5-16,18-19,26,28-29H,17H2,1-4H3. The normalized spacial score (nSPS) is 14.2. The van der Waals surface area contributed by atoms with Crippen molar-refractivity contribution in [2.45, 2.75) is 36.9 Å². The van der Waals surface area contributed by atoms with Crippen LogP contribution >= 0.6 is 0 Å². The average Bonchev–Trinajstić information content (AvgIpc) is 2.87. The molecule has 0 amide bonds. The molecule has 3 aromatic rings. The first-order valence-electron chi connectivity index (χ1n) is 11.1. The summed E-state index contributed by atoms with van der Waals surface area (Å²) in [6.07, 6.45) is -1.18. The molecule has 9 heteroatoms. The lowest BCUT2D eigenvalue weighted by Gasteiger charge is -2.36. The van der Waals surface area contributed by atoms with Gasteiger partial charge in [0.1, 0.15) is 34.5 Å². The Labute approximate surface area is 206 Å². The number of methoxy groups -OCH3 is 2. The Morgan fingerprint density at radius 1 is 0.886 bits per heavy atom. The maximum absolute atomic E-state index is 14.0. The van der Waals surface area contributed by atoms with Gasteiger partial charge in [-0.1, -0.05) is 30.3 Å². The summed E-state index contributed by atoms with van der Waals surface area (Å²) in [5, 5.41) is 20.7. The largest absolute Gasteiger partial charge is 0.508 e. The summed E-state index contributed by atoms with van der Waals surface area (Å²) in [5.74, 6) is 1.15. The van der Waals surface area contributed by atoms with Gasteiger partial charge >= 0.3 is 0 Å². The summed E-state index contributed by atoms with van der Waals surface area (Å²) in [5.41, 5.74) is 0.462. The van der Waals surface area contributed by atoms with E-state index in [-0.39, 0.29) is 23.0 Å². The molecule has 0 saturated carbocycles. The van der Waals surface area contributed by atoms with Crippen LogP contribution in [0.4, 0.5) is 0 Å². The molecule has 0 fully saturated rings. The summed E-state index contributed by atoms with van der Waals surface area (Å²) >= 11 is 0. The molecular weight excluding hydrogens is 470 g/mol. The van der Waals surface area contributed by atoms with Crippen LogP contribution in [0.3, 0.4) is 0 Å². The van der Waals surface area contributed by atoms with Crippen LogP contribution in [0, 0.1) is 0 Å². The van der Waals surface area contributed by atoms with Gasteiger partial charge in [-0.15, -0.1) is 0 Å². The van der Waals surface area contributed by atoms with E-state index in [0.29, 0.717) is 17.1 Å². The highest BCUT2D eigenvalue weighted by Gasteiger charge is 2.39. The zero-order chi connectivity index (χ0) is 25.6. The monoisotopic (exact) mass is 501 g/mol. The Balaban J connectivity index is 2.03. The molecular formula is C26H31NO7S. The predicted molar refractivity (Wildman–Crippen MR) is 132 cm³/mol. The average molecular weight is 502 g/mol. The van der Waals surface area contributed by atoms with Crippen LogP contribution < -0.4 is 14.2 Å². The fourth-order valence-corrected chi connectivity index (χ4v) is 5.84. The van der Waals surface area contributed by atoms with Crippen molar-refractivity contribution in [3.05, 3.63) is 78.4 Å². The zero-order valence-corrected chi connectivity index (χ0v) is 21.0. The van der Waals surface area contributed by atoms with E-state index in [4.69, 9.17) is 14.2 Å². The van der Waals surface area contributed by atoms with Gasteiger partial charge in [0.2, 0.25) is 10.0 Å². The number of hydrogen-bond acceptors (Lipinski definition) is 7. The van der Waals surface area contributed by atoms with E-state index in [1.165, 1.54) is 42.8 Å². The molecule has 0 spiro atoms. The van der Waals surface area contributed by atoms with Crippen molar-refractivity contribution in [2.24, 2.45) is 0 Å². The number of phenolic OH excluding ortho intramolecular Hbond substituents is 1. The van der Waals surface area contributed by atoms with Crippen LogP contribution in [0.15, 0.2) is 77.7 Å². The lowest BCUT2D eigenvalue weighted by molar-refractivity contribution is 0.0730. The van der Waals surface area contributed by atoms with Gasteiger partial charge in [-0.2, -0.15) is 4.31 Å². The number of ether oxygens (including phenoxy) is 3. The van der Waals surface area contributed by atoms with Gasteiger partial charge in [-0.25, -0.2) is 8.42 Å². The minimum Gasteiger partial charge on any atom is -0.508 e. The number of aliphatic hydroxyl groups is 1. The molecule has 0 aromatic heterocycles. The van der Waals surface area contributed by atoms with Gasteiger partial charge in [0.25, 0.3) is 0 Å². The maximum Gasteiger partial charge on any atom is 0.247 e. The van der Waals surface area contributed by atoms with Crippen molar-refractivity contribution < 1.29 is 32.8 Å². The number of hydrogen-bond donors (Lipinski definition) is 2. The number of nitrogens with zero attached hydrogens (tertiary/aromatic N) is 1. The van der Waals surface area contributed by atoms with Gasteiger partial charge in [0.15, 0.2) is 0 Å². The lowest BCUT2D eigenvalue weighted by atomic mass is 10.0. The third-order valence-corrected chi connectivity index (χ3v) is 7.81. The summed E-state index contributed by atoms with van der Waals surface area (Å²) in [7, 11) is -1.36. The van der Waals surface area contributed by atoms with Gasteiger partial charge in [-0.3, -0.25) is 0 Å². The third kappa shape index (κ3) is 6.05. The van der Waals surface area contributed by atoms with E-state index in [2.05, 4.69) is 0 Å². The van der Waals surface area contributed by atoms with E-state index in [1.54, 1.807) is 44.2 Å². The Bertz CT molecular complexity index is 1200. The van der Waals surface area contributed by atoms with Crippen molar-refractivity contribution in [2.75, 3.05) is 20.8 Å².